The molecule has 2 aliphatic rings. The average Bonchev–Trinajstić information content (AvgIpc) is 3.31. The number of piperazine rings is 1. The van der Waals surface area contributed by atoms with Crippen LogP contribution in [0.5, 0.6) is 0 Å². The van der Waals surface area contributed by atoms with Crippen molar-refractivity contribution in [3.8, 4) is 0 Å². The number of halogens is 2. The fraction of sp³-hybridized carbons (Fsp3) is 0.259. The van der Waals surface area contributed by atoms with Gasteiger partial charge in [0.05, 0.1) is 24.0 Å². The highest BCUT2D eigenvalue weighted by Crippen LogP contribution is 2.33. The highest BCUT2D eigenvalue weighted by molar-refractivity contribution is 6.03. The second-order valence-electron chi connectivity index (χ2n) is 8.61. The van der Waals surface area contributed by atoms with Crippen molar-refractivity contribution in [1.29, 1.82) is 0 Å². The second kappa shape index (κ2) is 9.73. The van der Waals surface area contributed by atoms with Crippen LogP contribution in [0.15, 0.2) is 84.0 Å². The number of benzene rings is 3. The lowest BCUT2D eigenvalue weighted by Gasteiger charge is -2.36. The lowest BCUT2D eigenvalue weighted by Crippen LogP contribution is -2.49. The van der Waals surface area contributed by atoms with Crippen LogP contribution in [-0.2, 0) is 4.79 Å². The molecule has 0 aromatic heterocycles. The van der Waals surface area contributed by atoms with E-state index < -0.39 is 0 Å². The van der Waals surface area contributed by atoms with Crippen LogP contribution < -0.4 is 4.90 Å². The molecule has 0 bridgehead atoms. The zero-order valence-electron chi connectivity index (χ0n) is 18.8. The fourth-order valence-electron chi connectivity index (χ4n) is 4.65. The van der Waals surface area contributed by atoms with Crippen molar-refractivity contribution < 1.29 is 13.6 Å². The predicted molar refractivity (Wildman–Crippen MR) is 129 cm³/mol. The third-order valence-electron chi connectivity index (χ3n) is 6.46. The van der Waals surface area contributed by atoms with Gasteiger partial charge < -0.3 is 4.90 Å². The van der Waals surface area contributed by atoms with E-state index in [1.165, 1.54) is 17.1 Å². The standard InChI is InChI=1S/C27H26F2N4O/c28-22-11-5-4-10-21(22)24-18-26(20-8-2-1-3-9-20)33(30-24)27(34)19-31-14-16-32(17-15-31)25-13-7-6-12-23(25)29/h1-13,26H,14-19H2/t26-/m0/s1. The molecule has 3 aromatic carbocycles. The molecule has 0 saturated carbocycles. The molecule has 34 heavy (non-hydrogen) atoms. The number of para-hydroxylation sites is 1. The fourth-order valence-corrected chi connectivity index (χ4v) is 4.65. The maximum Gasteiger partial charge on any atom is 0.257 e. The number of amides is 1. The Bertz CT molecular complexity index is 1190. The number of anilines is 1. The van der Waals surface area contributed by atoms with Crippen molar-refractivity contribution >= 4 is 17.3 Å². The Morgan fingerprint density at radius 3 is 2.18 bits per heavy atom. The molecule has 0 aliphatic carbocycles. The Morgan fingerprint density at radius 1 is 0.824 bits per heavy atom. The molecule has 2 aliphatic heterocycles. The van der Waals surface area contributed by atoms with Gasteiger partial charge in [0.2, 0.25) is 0 Å². The molecular formula is C27H26F2N4O. The summed E-state index contributed by atoms with van der Waals surface area (Å²) in [5.74, 6) is -0.698. The van der Waals surface area contributed by atoms with E-state index in [0.717, 1.165) is 5.56 Å². The maximum absolute atomic E-state index is 14.5. The van der Waals surface area contributed by atoms with Gasteiger partial charge in [-0.15, -0.1) is 0 Å². The first kappa shape index (κ1) is 22.2. The van der Waals surface area contributed by atoms with E-state index in [1.54, 1.807) is 30.3 Å². The van der Waals surface area contributed by atoms with Crippen molar-refractivity contribution in [2.75, 3.05) is 37.6 Å². The van der Waals surface area contributed by atoms with Crippen molar-refractivity contribution in [2.45, 2.75) is 12.5 Å². The Hall–Kier alpha value is -3.58. The van der Waals surface area contributed by atoms with E-state index in [0.29, 0.717) is 49.6 Å². The minimum absolute atomic E-state index is 0.125. The summed E-state index contributed by atoms with van der Waals surface area (Å²) in [5.41, 5.74) is 2.56. The van der Waals surface area contributed by atoms with Gasteiger partial charge in [0.1, 0.15) is 11.6 Å². The topological polar surface area (TPSA) is 39.2 Å². The van der Waals surface area contributed by atoms with Crippen LogP contribution >= 0.6 is 0 Å². The van der Waals surface area contributed by atoms with E-state index in [1.807, 2.05) is 41.3 Å². The van der Waals surface area contributed by atoms with Gasteiger partial charge in [-0.1, -0.05) is 60.7 Å². The number of hydrogen-bond acceptors (Lipinski definition) is 4. The smallest absolute Gasteiger partial charge is 0.257 e. The number of hydrogen-bond donors (Lipinski definition) is 0. The molecule has 7 heteroatoms. The molecule has 0 N–H and O–H groups in total. The zero-order chi connectivity index (χ0) is 23.5. The molecule has 1 atom stereocenters. The molecule has 0 radical (unpaired) electrons. The van der Waals surface area contributed by atoms with Gasteiger partial charge in [0.15, 0.2) is 0 Å². The first-order valence-corrected chi connectivity index (χ1v) is 11.5. The van der Waals surface area contributed by atoms with E-state index >= 15 is 0 Å². The molecule has 174 valence electrons. The average molecular weight is 461 g/mol. The monoisotopic (exact) mass is 460 g/mol. The SMILES string of the molecule is O=C(CN1CCN(c2ccccc2F)CC1)N1N=C(c2ccccc2F)C[C@H]1c1ccccc1. The zero-order valence-corrected chi connectivity index (χ0v) is 18.8. The Kier molecular flexibility index (Phi) is 6.36. The Labute approximate surface area is 197 Å². The van der Waals surface area contributed by atoms with Gasteiger partial charge in [-0.25, -0.2) is 13.8 Å². The van der Waals surface area contributed by atoms with Crippen molar-refractivity contribution in [2.24, 2.45) is 5.10 Å². The lowest BCUT2D eigenvalue weighted by molar-refractivity contribution is -0.134. The summed E-state index contributed by atoms with van der Waals surface area (Å²) in [6, 6.07) is 22.8. The number of carbonyl (C=O) groups is 1. The predicted octanol–water partition coefficient (Wildman–Crippen LogP) is 4.46. The third-order valence-corrected chi connectivity index (χ3v) is 6.46. The summed E-state index contributed by atoms with van der Waals surface area (Å²) in [4.78, 5) is 17.4. The summed E-state index contributed by atoms with van der Waals surface area (Å²) in [7, 11) is 0. The highest BCUT2D eigenvalue weighted by Gasteiger charge is 2.34. The van der Waals surface area contributed by atoms with Crippen LogP contribution in [0.1, 0.15) is 23.6 Å². The van der Waals surface area contributed by atoms with Gasteiger partial charge in [0.25, 0.3) is 5.91 Å². The summed E-state index contributed by atoms with van der Waals surface area (Å²) in [6.45, 7) is 2.78. The van der Waals surface area contributed by atoms with E-state index in [4.69, 9.17) is 0 Å². The van der Waals surface area contributed by atoms with Crippen molar-refractivity contribution in [3.63, 3.8) is 0 Å². The van der Waals surface area contributed by atoms with Crippen LogP contribution in [0.25, 0.3) is 0 Å². The minimum atomic E-state index is -0.341. The van der Waals surface area contributed by atoms with Gasteiger partial charge in [0, 0.05) is 38.2 Å². The minimum Gasteiger partial charge on any atom is -0.367 e. The van der Waals surface area contributed by atoms with Crippen molar-refractivity contribution in [1.82, 2.24) is 9.91 Å². The molecule has 3 aromatic rings. The largest absolute Gasteiger partial charge is 0.367 e. The molecule has 5 nitrogen and oxygen atoms in total. The molecular weight excluding hydrogens is 434 g/mol. The van der Waals surface area contributed by atoms with Gasteiger partial charge in [-0.2, -0.15) is 5.10 Å². The molecule has 5 rings (SSSR count). The third kappa shape index (κ3) is 4.56. The molecule has 2 heterocycles. The van der Waals surface area contributed by atoms with Crippen LogP contribution in [0.3, 0.4) is 0 Å². The highest BCUT2D eigenvalue weighted by atomic mass is 19.1. The molecule has 1 amide bonds. The van der Waals surface area contributed by atoms with Gasteiger partial charge >= 0.3 is 0 Å². The van der Waals surface area contributed by atoms with Crippen LogP contribution in [0, 0.1) is 11.6 Å². The summed E-state index contributed by atoms with van der Waals surface area (Å²) < 4.78 is 28.6. The molecule has 0 spiro atoms. The number of rotatable bonds is 5. The van der Waals surface area contributed by atoms with E-state index in [-0.39, 0.29) is 30.1 Å². The lowest BCUT2D eigenvalue weighted by atomic mass is 9.98. The summed E-state index contributed by atoms with van der Waals surface area (Å²) in [5, 5.41) is 6.10. The number of nitrogens with zero attached hydrogens (tertiary/aromatic N) is 4. The van der Waals surface area contributed by atoms with Gasteiger partial charge in [-0.3, -0.25) is 9.69 Å². The van der Waals surface area contributed by atoms with Crippen LogP contribution in [-0.4, -0.2) is 54.3 Å². The Morgan fingerprint density at radius 2 is 1.47 bits per heavy atom. The Balaban J connectivity index is 1.31. The summed E-state index contributed by atoms with van der Waals surface area (Å²) >= 11 is 0. The van der Waals surface area contributed by atoms with Gasteiger partial charge in [-0.05, 0) is 23.8 Å². The van der Waals surface area contributed by atoms with E-state index in [2.05, 4.69) is 10.0 Å². The molecule has 1 fully saturated rings. The van der Waals surface area contributed by atoms with E-state index in [9.17, 15) is 13.6 Å². The quantitative estimate of drug-likeness (QED) is 0.564. The number of hydrazone groups is 1. The number of carbonyl (C=O) groups excluding carboxylic acids is 1. The van der Waals surface area contributed by atoms with Crippen LogP contribution in [0.4, 0.5) is 14.5 Å². The first-order chi connectivity index (χ1) is 16.6. The molecule has 0 unspecified atom stereocenters. The maximum atomic E-state index is 14.5. The van der Waals surface area contributed by atoms with Crippen LogP contribution in [0.2, 0.25) is 0 Å². The summed E-state index contributed by atoms with van der Waals surface area (Å²) in [6.07, 6.45) is 0.456. The second-order valence-corrected chi connectivity index (χ2v) is 8.61. The molecule has 1 saturated heterocycles. The van der Waals surface area contributed by atoms with Crippen molar-refractivity contribution in [3.05, 3.63) is 102 Å². The normalized spacial score (nSPS) is 18.8. The first-order valence-electron chi connectivity index (χ1n) is 11.5.